The lowest BCUT2D eigenvalue weighted by molar-refractivity contribution is -0.136. The third-order valence-corrected chi connectivity index (χ3v) is 6.90. The number of nitrogens with zero attached hydrogens (tertiary/aromatic N) is 1. The standard InChI is InChI=1S/C19H30N2O2/c1-12(2)21-4-3-16(18(21)23)20-17(22)11-19-8-13-5-14(9-19)7-15(6-13)10-19/h12-16H,3-11H2,1-2H3,(H,20,22). The summed E-state index contributed by atoms with van der Waals surface area (Å²) in [5.74, 6) is 2.85. The van der Waals surface area contributed by atoms with Crippen LogP contribution < -0.4 is 5.32 Å². The van der Waals surface area contributed by atoms with Gasteiger partial charge < -0.3 is 10.2 Å². The van der Waals surface area contributed by atoms with Crippen LogP contribution in [0.4, 0.5) is 0 Å². The van der Waals surface area contributed by atoms with Crippen molar-refractivity contribution in [3.63, 3.8) is 0 Å². The lowest BCUT2D eigenvalue weighted by Gasteiger charge is -2.56. The molecule has 128 valence electrons. The van der Waals surface area contributed by atoms with E-state index in [1.807, 2.05) is 18.7 Å². The first kappa shape index (κ1) is 15.5. The fourth-order valence-electron chi connectivity index (χ4n) is 6.44. The third-order valence-electron chi connectivity index (χ3n) is 6.90. The minimum absolute atomic E-state index is 0.110. The molecular formula is C19H30N2O2. The Kier molecular flexibility index (Phi) is 3.69. The molecule has 23 heavy (non-hydrogen) atoms. The molecule has 1 unspecified atom stereocenters. The SMILES string of the molecule is CC(C)N1CCC(NC(=O)CC23CC4CC(CC(C4)C2)C3)C1=O. The normalized spacial score (nSPS) is 41.9. The summed E-state index contributed by atoms with van der Waals surface area (Å²) in [7, 11) is 0. The number of carbonyl (C=O) groups excluding carboxylic acids is 2. The van der Waals surface area contributed by atoms with Crippen molar-refractivity contribution in [1.29, 1.82) is 0 Å². The van der Waals surface area contributed by atoms with Gasteiger partial charge in [0.05, 0.1) is 0 Å². The first-order valence-electron chi connectivity index (χ1n) is 9.54. The van der Waals surface area contributed by atoms with Crippen molar-refractivity contribution >= 4 is 11.8 Å². The molecule has 0 aromatic carbocycles. The van der Waals surface area contributed by atoms with Crippen molar-refractivity contribution < 1.29 is 9.59 Å². The van der Waals surface area contributed by atoms with Crippen LogP contribution in [0.1, 0.15) is 65.2 Å². The number of amides is 2. The molecule has 0 radical (unpaired) electrons. The van der Waals surface area contributed by atoms with E-state index in [0.717, 1.165) is 30.7 Å². The van der Waals surface area contributed by atoms with E-state index < -0.39 is 0 Å². The van der Waals surface area contributed by atoms with Crippen molar-refractivity contribution in [1.82, 2.24) is 10.2 Å². The highest BCUT2D eigenvalue weighted by molar-refractivity contribution is 5.89. The molecule has 0 spiro atoms. The van der Waals surface area contributed by atoms with E-state index >= 15 is 0 Å². The fraction of sp³-hybridized carbons (Fsp3) is 0.895. The molecule has 5 rings (SSSR count). The van der Waals surface area contributed by atoms with Crippen LogP contribution >= 0.6 is 0 Å². The van der Waals surface area contributed by atoms with Crippen molar-refractivity contribution in [2.45, 2.75) is 77.3 Å². The summed E-state index contributed by atoms with van der Waals surface area (Å²) in [5.41, 5.74) is 0.262. The van der Waals surface area contributed by atoms with Crippen LogP contribution in [0.25, 0.3) is 0 Å². The molecule has 1 saturated heterocycles. The molecule has 4 aliphatic carbocycles. The van der Waals surface area contributed by atoms with Crippen LogP contribution in [0, 0.1) is 23.2 Å². The highest BCUT2D eigenvalue weighted by atomic mass is 16.2. The quantitative estimate of drug-likeness (QED) is 0.866. The molecule has 4 heteroatoms. The van der Waals surface area contributed by atoms with E-state index in [4.69, 9.17) is 0 Å². The smallest absolute Gasteiger partial charge is 0.245 e. The Bertz CT molecular complexity index is 478. The molecule has 4 saturated carbocycles. The van der Waals surface area contributed by atoms with Crippen molar-refractivity contribution in [3.05, 3.63) is 0 Å². The summed E-state index contributed by atoms with van der Waals surface area (Å²) in [4.78, 5) is 26.9. The number of hydrogen-bond acceptors (Lipinski definition) is 2. The van der Waals surface area contributed by atoms with E-state index in [-0.39, 0.29) is 29.3 Å². The molecule has 4 nitrogen and oxygen atoms in total. The van der Waals surface area contributed by atoms with E-state index in [1.54, 1.807) is 0 Å². The Morgan fingerprint density at radius 1 is 1.17 bits per heavy atom. The maximum Gasteiger partial charge on any atom is 0.245 e. The zero-order valence-corrected chi connectivity index (χ0v) is 14.5. The van der Waals surface area contributed by atoms with Crippen molar-refractivity contribution in [2.75, 3.05) is 6.54 Å². The lowest BCUT2D eigenvalue weighted by Crippen LogP contribution is -2.49. The lowest BCUT2D eigenvalue weighted by atomic mass is 9.49. The average Bonchev–Trinajstić information content (AvgIpc) is 2.77. The highest BCUT2D eigenvalue weighted by Crippen LogP contribution is 2.61. The molecule has 4 bridgehead atoms. The van der Waals surface area contributed by atoms with Crippen LogP contribution in [-0.4, -0.2) is 35.3 Å². The zero-order valence-electron chi connectivity index (χ0n) is 14.5. The third kappa shape index (κ3) is 2.78. The molecule has 1 heterocycles. The molecule has 0 aromatic rings. The second-order valence-electron chi connectivity index (χ2n) is 9.13. The van der Waals surface area contributed by atoms with Gasteiger partial charge in [0, 0.05) is 19.0 Å². The molecule has 1 atom stereocenters. The summed E-state index contributed by atoms with van der Waals surface area (Å²) in [5, 5.41) is 3.06. The summed E-state index contributed by atoms with van der Waals surface area (Å²) in [6.07, 6.45) is 9.41. The second-order valence-corrected chi connectivity index (χ2v) is 9.13. The van der Waals surface area contributed by atoms with Crippen molar-refractivity contribution in [3.8, 4) is 0 Å². The van der Waals surface area contributed by atoms with Gasteiger partial charge in [-0.15, -0.1) is 0 Å². The predicted octanol–water partition coefficient (Wildman–Crippen LogP) is 2.72. The first-order valence-corrected chi connectivity index (χ1v) is 9.54. The predicted molar refractivity (Wildman–Crippen MR) is 88.6 cm³/mol. The Balaban J connectivity index is 1.37. The van der Waals surface area contributed by atoms with E-state index in [0.29, 0.717) is 6.42 Å². The van der Waals surface area contributed by atoms with Gasteiger partial charge in [0.1, 0.15) is 6.04 Å². The summed E-state index contributed by atoms with van der Waals surface area (Å²) in [6, 6.07) is -0.0497. The Morgan fingerprint density at radius 2 is 1.74 bits per heavy atom. The van der Waals surface area contributed by atoms with Crippen molar-refractivity contribution in [2.24, 2.45) is 23.2 Å². The average molecular weight is 318 g/mol. The molecule has 1 N–H and O–H groups in total. The number of carbonyl (C=O) groups is 2. The van der Waals surface area contributed by atoms with Gasteiger partial charge in [-0.05, 0) is 82.0 Å². The van der Waals surface area contributed by atoms with Crippen LogP contribution in [-0.2, 0) is 9.59 Å². The van der Waals surface area contributed by atoms with E-state index in [2.05, 4.69) is 5.32 Å². The first-order chi connectivity index (χ1) is 10.9. The molecule has 2 amide bonds. The molecule has 5 aliphatic rings. The van der Waals surface area contributed by atoms with Gasteiger partial charge in [-0.3, -0.25) is 9.59 Å². The minimum Gasteiger partial charge on any atom is -0.344 e. The van der Waals surface area contributed by atoms with Crippen LogP contribution in [0.2, 0.25) is 0 Å². The summed E-state index contributed by atoms with van der Waals surface area (Å²) in [6.45, 7) is 4.86. The largest absolute Gasteiger partial charge is 0.344 e. The van der Waals surface area contributed by atoms with Gasteiger partial charge in [-0.2, -0.15) is 0 Å². The zero-order chi connectivity index (χ0) is 16.2. The van der Waals surface area contributed by atoms with E-state index in [9.17, 15) is 9.59 Å². The van der Waals surface area contributed by atoms with Crippen LogP contribution in [0.3, 0.4) is 0 Å². The van der Waals surface area contributed by atoms with Gasteiger partial charge in [-0.1, -0.05) is 0 Å². The highest BCUT2D eigenvalue weighted by Gasteiger charge is 2.51. The minimum atomic E-state index is -0.279. The topological polar surface area (TPSA) is 49.4 Å². The maximum absolute atomic E-state index is 12.6. The molecule has 5 fully saturated rings. The number of likely N-dealkylation sites (tertiary alicyclic amines) is 1. The number of hydrogen-bond donors (Lipinski definition) is 1. The van der Waals surface area contributed by atoms with Gasteiger partial charge in [-0.25, -0.2) is 0 Å². The second kappa shape index (κ2) is 5.49. The van der Waals surface area contributed by atoms with Crippen LogP contribution in [0.15, 0.2) is 0 Å². The van der Waals surface area contributed by atoms with Gasteiger partial charge in [0.2, 0.25) is 11.8 Å². The molecular weight excluding hydrogens is 288 g/mol. The molecule has 0 aromatic heterocycles. The monoisotopic (exact) mass is 318 g/mol. The van der Waals surface area contributed by atoms with Gasteiger partial charge >= 0.3 is 0 Å². The Labute approximate surface area is 139 Å². The van der Waals surface area contributed by atoms with Gasteiger partial charge in [0.25, 0.3) is 0 Å². The summed E-state index contributed by atoms with van der Waals surface area (Å²) < 4.78 is 0. The number of rotatable bonds is 4. The fourth-order valence-corrected chi connectivity index (χ4v) is 6.44. The molecule has 1 aliphatic heterocycles. The summed E-state index contributed by atoms with van der Waals surface area (Å²) >= 11 is 0. The number of nitrogens with one attached hydrogen (secondary N) is 1. The Morgan fingerprint density at radius 3 is 2.22 bits per heavy atom. The maximum atomic E-state index is 12.6. The van der Waals surface area contributed by atoms with Gasteiger partial charge in [0.15, 0.2) is 0 Å². The van der Waals surface area contributed by atoms with E-state index in [1.165, 1.54) is 38.5 Å². The van der Waals surface area contributed by atoms with Crippen LogP contribution in [0.5, 0.6) is 0 Å². The Hall–Kier alpha value is -1.06.